The fraction of sp³-hybridized carbons (Fsp3) is 0.375. The van der Waals surface area contributed by atoms with E-state index in [1.54, 1.807) is 0 Å². The quantitative estimate of drug-likeness (QED) is 0.641. The molecular formula is C8H11N5O4. The molecule has 17 heavy (non-hydrogen) atoms. The van der Waals surface area contributed by atoms with Crippen molar-refractivity contribution in [2.45, 2.75) is 13.0 Å². The third-order valence-electron chi connectivity index (χ3n) is 1.93. The van der Waals surface area contributed by atoms with E-state index >= 15 is 0 Å². The summed E-state index contributed by atoms with van der Waals surface area (Å²) in [6.07, 6.45) is 1.23. The van der Waals surface area contributed by atoms with Gasteiger partial charge in [-0.05, 0) is 6.92 Å². The Balaban J connectivity index is 2.79. The van der Waals surface area contributed by atoms with Crippen LogP contribution in [-0.2, 0) is 9.53 Å². The lowest BCUT2D eigenvalue weighted by atomic mass is 10.3. The highest BCUT2D eigenvalue weighted by molar-refractivity contribution is 5.95. The van der Waals surface area contributed by atoms with Crippen LogP contribution in [-0.4, -0.2) is 40.0 Å². The molecule has 0 radical (unpaired) electrons. The van der Waals surface area contributed by atoms with E-state index in [2.05, 4.69) is 15.0 Å². The van der Waals surface area contributed by atoms with Crippen LogP contribution >= 0.6 is 0 Å². The van der Waals surface area contributed by atoms with Gasteiger partial charge in [0.1, 0.15) is 6.04 Å². The van der Waals surface area contributed by atoms with E-state index in [0.717, 1.165) is 4.68 Å². The zero-order chi connectivity index (χ0) is 13.0. The molecule has 1 rings (SSSR count). The first-order valence-electron chi connectivity index (χ1n) is 4.56. The molecule has 0 aliphatic heterocycles. The Hall–Kier alpha value is -2.45. The number of hydrogen-bond donors (Lipinski definition) is 2. The van der Waals surface area contributed by atoms with Gasteiger partial charge in [0.05, 0.1) is 13.3 Å². The number of amides is 3. The SMILES string of the molecule is COC(=O)c1cn(C(C)C(=O)NC(N)=O)nn1. The minimum atomic E-state index is -0.963. The van der Waals surface area contributed by atoms with Gasteiger partial charge in [0.25, 0.3) is 5.91 Å². The maximum atomic E-state index is 11.4. The van der Waals surface area contributed by atoms with Crippen molar-refractivity contribution in [2.24, 2.45) is 5.73 Å². The number of nitrogens with zero attached hydrogens (tertiary/aromatic N) is 3. The fourth-order valence-corrected chi connectivity index (χ4v) is 1.01. The molecule has 1 heterocycles. The minimum absolute atomic E-state index is 0.0359. The number of aromatic nitrogens is 3. The van der Waals surface area contributed by atoms with Crippen LogP contribution in [0.25, 0.3) is 0 Å². The maximum Gasteiger partial charge on any atom is 0.360 e. The van der Waals surface area contributed by atoms with Crippen LogP contribution in [0.1, 0.15) is 23.5 Å². The molecule has 9 heteroatoms. The predicted octanol–water partition coefficient (Wildman–Crippen LogP) is -1.18. The van der Waals surface area contributed by atoms with Crippen molar-refractivity contribution in [1.82, 2.24) is 20.3 Å². The summed E-state index contributed by atoms with van der Waals surface area (Å²) in [6.45, 7) is 1.47. The third kappa shape index (κ3) is 3.00. The molecule has 0 aliphatic carbocycles. The molecular weight excluding hydrogens is 230 g/mol. The van der Waals surface area contributed by atoms with Gasteiger partial charge >= 0.3 is 12.0 Å². The van der Waals surface area contributed by atoms with Crippen LogP contribution in [0.5, 0.6) is 0 Å². The van der Waals surface area contributed by atoms with Crippen LogP contribution in [0.15, 0.2) is 6.20 Å². The van der Waals surface area contributed by atoms with E-state index in [4.69, 9.17) is 5.73 Å². The van der Waals surface area contributed by atoms with E-state index in [9.17, 15) is 14.4 Å². The van der Waals surface area contributed by atoms with Gasteiger partial charge in [0.2, 0.25) is 0 Å². The number of primary amides is 1. The van der Waals surface area contributed by atoms with Gasteiger partial charge in [-0.2, -0.15) is 0 Å². The summed E-state index contributed by atoms with van der Waals surface area (Å²) in [5, 5.41) is 8.97. The molecule has 1 aromatic rings. The second kappa shape index (κ2) is 5.05. The molecule has 0 saturated carbocycles. The van der Waals surface area contributed by atoms with Crippen molar-refractivity contribution in [3.63, 3.8) is 0 Å². The molecule has 3 amide bonds. The molecule has 0 aliphatic rings. The molecule has 0 spiro atoms. The molecule has 9 nitrogen and oxygen atoms in total. The molecule has 0 fully saturated rings. The van der Waals surface area contributed by atoms with E-state index in [0.29, 0.717) is 0 Å². The molecule has 1 atom stereocenters. The number of ether oxygens (including phenoxy) is 1. The molecule has 0 bridgehead atoms. The second-order valence-corrected chi connectivity index (χ2v) is 3.10. The number of nitrogens with one attached hydrogen (secondary N) is 1. The molecule has 92 valence electrons. The van der Waals surface area contributed by atoms with Gasteiger partial charge in [-0.3, -0.25) is 10.1 Å². The number of carbonyl (C=O) groups excluding carboxylic acids is 3. The topological polar surface area (TPSA) is 129 Å². The molecule has 0 aromatic carbocycles. The summed E-state index contributed by atoms with van der Waals surface area (Å²) in [6, 6.07) is -1.79. The number of nitrogens with two attached hydrogens (primary N) is 1. The zero-order valence-electron chi connectivity index (χ0n) is 9.21. The molecule has 1 unspecified atom stereocenters. The molecule has 0 saturated heterocycles. The highest BCUT2D eigenvalue weighted by Crippen LogP contribution is 2.05. The lowest BCUT2D eigenvalue weighted by Gasteiger charge is -2.08. The predicted molar refractivity (Wildman–Crippen MR) is 53.8 cm³/mol. The number of carbonyl (C=O) groups is 3. The Morgan fingerprint density at radius 1 is 1.53 bits per heavy atom. The summed E-state index contributed by atoms with van der Waals surface area (Å²) in [5.74, 6) is -1.32. The Morgan fingerprint density at radius 2 is 2.18 bits per heavy atom. The van der Waals surface area contributed by atoms with Crippen molar-refractivity contribution in [3.05, 3.63) is 11.9 Å². The Kier molecular flexibility index (Phi) is 3.75. The molecule has 3 N–H and O–H groups in total. The Labute approximate surface area is 95.9 Å². The summed E-state index contributed by atoms with van der Waals surface area (Å²) in [7, 11) is 1.20. The first kappa shape index (κ1) is 12.6. The van der Waals surface area contributed by atoms with Crippen LogP contribution in [0.2, 0.25) is 0 Å². The lowest BCUT2D eigenvalue weighted by Crippen LogP contribution is -2.39. The lowest BCUT2D eigenvalue weighted by molar-refractivity contribution is -0.123. The fourth-order valence-electron chi connectivity index (χ4n) is 1.01. The van der Waals surface area contributed by atoms with Crippen molar-refractivity contribution < 1.29 is 19.1 Å². The van der Waals surface area contributed by atoms with Crippen molar-refractivity contribution >= 4 is 17.9 Å². The van der Waals surface area contributed by atoms with Crippen LogP contribution in [0.4, 0.5) is 4.79 Å². The van der Waals surface area contributed by atoms with Crippen molar-refractivity contribution in [1.29, 1.82) is 0 Å². The number of urea groups is 1. The van der Waals surface area contributed by atoms with Crippen molar-refractivity contribution in [2.75, 3.05) is 7.11 Å². The van der Waals surface area contributed by atoms with E-state index in [1.165, 1.54) is 20.2 Å². The van der Waals surface area contributed by atoms with Gasteiger partial charge < -0.3 is 10.5 Å². The monoisotopic (exact) mass is 241 g/mol. The highest BCUT2D eigenvalue weighted by atomic mass is 16.5. The third-order valence-corrected chi connectivity index (χ3v) is 1.93. The Morgan fingerprint density at radius 3 is 2.71 bits per heavy atom. The largest absolute Gasteiger partial charge is 0.464 e. The van der Waals surface area contributed by atoms with E-state index in [1.807, 2.05) is 5.32 Å². The minimum Gasteiger partial charge on any atom is -0.464 e. The molecule has 1 aromatic heterocycles. The summed E-state index contributed by atoms with van der Waals surface area (Å²) >= 11 is 0. The van der Waals surface area contributed by atoms with Gasteiger partial charge in [0, 0.05) is 0 Å². The average Bonchev–Trinajstić information content (AvgIpc) is 2.75. The van der Waals surface area contributed by atoms with Gasteiger partial charge in [-0.1, -0.05) is 5.21 Å². The Bertz CT molecular complexity index is 455. The number of methoxy groups -OCH3 is 1. The number of imide groups is 1. The summed E-state index contributed by atoms with van der Waals surface area (Å²) in [5.41, 5.74) is 4.76. The first-order valence-corrected chi connectivity index (χ1v) is 4.56. The van der Waals surface area contributed by atoms with Gasteiger partial charge in [-0.15, -0.1) is 5.10 Å². The smallest absolute Gasteiger partial charge is 0.360 e. The van der Waals surface area contributed by atoms with E-state index < -0.39 is 23.9 Å². The maximum absolute atomic E-state index is 11.4. The second-order valence-electron chi connectivity index (χ2n) is 3.10. The standard InChI is InChI=1S/C8H11N5O4/c1-4(6(14)10-8(9)16)13-3-5(11-12-13)7(15)17-2/h3-4H,1-2H3,(H3,9,10,14,16). The van der Waals surface area contributed by atoms with Gasteiger partial charge in [0.15, 0.2) is 5.69 Å². The summed E-state index contributed by atoms with van der Waals surface area (Å²) < 4.78 is 5.54. The zero-order valence-corrected chi connectivity index (χ0v) is 9.21. The van der Waals surface area contributed by atoms with Crippen LogP contribution < -0.4 is 11.1 Å². The number of rotatable bonds is 3. The average molecular weight is 241 g/mol. The normalized spacial score (nSPS) is 11.6. The van der Waals surface area contributed by atoms with Crippen LogP contribution in [0, 0.1) is 0 Å². The number of hydrogen-bond acceptors (Lipinski definition) is 6. The summed E-state index contributed by atoms with van der Waals surface area (Å²) in [4.78, 5) is 32.9. The highest BCUT2D eigenvalue weighted by Gasteiger charge is 2.20. The van der Waals surface area contributed by atoms with Crippen LogP contribution in [0.3, 0.4) is 0 Å². The van der Waals surface area contributed by atoms with Crippen molar-refractivity contribution in [3.8, 4) is 0 Å². The van der Waals surface area contributed by atoms with Gasteiger partial charge in [-0.25, -0.2) is 14.3 Å². The first-order chi connectivity index (χ1) is 7.95. The van der Waals surface area contributed by atoms with E-state index in [-0.39, 0.29) is 5.69 Å². The number of esters is 1.